The van der Waals surface area contributed by atoms with Crippen LogP contribution in [-0.2, 0) is 4.79 Å². The third-order valence-electron chi connectivity index (χ3n) is 5.38. The summed E-state index contributed by atoms with van der Waals surface area (Å²) in [6, 6.07) is 13.9. The van der Waals surface area contributed by atoms with Crippen molar-refractivity contribution in [3.8, 4) is 0 Å². The normalized spacial score (nSPS) is 14.0. The van der Waals surface area contributed by atoms with Crippen LogP contribution >= 0.6 is 0 Å². The lowest BCUT2D eigenvalue weighted by Crippen LogP contribution is -2.42. The Kier molecular flexibility index (Phi) is 5.21. The second-order valence-corrected chi connectivity index (χ2v) is 7.63. The van der Waals surface area contributed by atoms with Gasteiger partial charge >= 0.3 is 0 Å². The average molecular weight is 387 g/mol. The van der Waals surface area contributed by atoms with Gasteiger partial charge in [-0.15, -0.1) is 0 Å². The van der Waals surface area contributed by atoms with Crippen molar-refractivity contribution in [2.75, 3.05) is 19.6 Å². The summed E-state index contributed by atoms with van der Waals surface area (Å²) in [6.07, 6.45) is 4.96. The zero-order valence-electron chi connectivity index (χ0n) is 16.8. The van der Waals surface area contributed by atoms with Crippen LogP contribution in [0.25, 0.3) is 16.5 Å². The van der Waals surface area contributed by atoms with Crippen molar-refractivity contribution in [1.29, 1.82) is 0 Å². The smallest absolute Gasteiger partial charge is 0.251 e. The number of H-pyrrole nitrogens is 1. The van der Waals surface area contributed by atoms with E-state index in [1.54, 1.807) is 4.90 Å². The van der Waals surface area contributed by atoms with Gasteiger partial charge in [0.1, 0.15) is 0 Å². The van der Waals surface area contributed by atoms with Crippen LogP contribution in [0.15, 0.2) is 54.7 Å². The molecule has 0 saturated carbocycles. The van der Waals surface area contributed by atoms with E-state index in [1.165, 1.54) is 16.5 Å². The van der Waals surface area contributed by atoms with Crippen LogP contribution in [0.5, 0.6) is 0 Å². The van der Waals surface area contributed by atoms with Crippen molar-refractivity contribution in [3.63, 3.8) is 0 Å². The zero-order valence-corrected chi connectivity index (χ0v) is 16.8. The average Bonchev–Trinajstić information content (AvgIpc) is 3.15. The number of amides is 2. The third kappa shape index (κ3) is 4.09. The van der Waals surface area contributed by atoms with Crippen molar-refractivity contribution in [3.05, 3.63) is 77.0 Å². The monoisotopic (exact) mass is 387 g/mol. The third-order valence-corrected chi connectivity index (χ3v) is 5.38. The fraction of sp³-hybridized carbons (Fsp3) is 0.250. The van der Waals surface area contributed by atoms with Crippen molar-refractivity contribution >= 4 is 28.3 Å². The zero-order chi connectivity index (χ0) is 20.4. The molecule has 0 aliphatic carbocycles. The van der Waals surface area contributed by atoms with Gasteiger partial charge in [-0.1, -0.05) is 41.5 Å². The van der Waals surface area contributed by atoms with Gasteiger partial charge in [-0.2, -0.15) is 0 Å². The second-order valence-electron chi connectivity index (χ2n) is 7.63. The van der Waals surface area contributed by atoms with Crippen LogP contribution in [-0.4, -0.2) is 41.3 Å². The van der Waals surface area contributed by atoms with E-state index in [-0.39, 0.29) is 18.4 Å². The van der Waals surface area contributed by atoms with E-state index in [9.17, 15) is 9.59 Å². The maximum Gasteiger partial charge on any atom is 0.251 e. The molecule has 1 aromatic heterocycles. The Morgan fingerprint density at radius 1 is 1.10 bits per heavy atom. The highest BCUT2D eigenvalue weighted by Crippen LogP contribution is 2.29. The molecule has 0 unspecified atom stereocenters. The lowest BCUT2D eigenvalue weighted by atomic mass is 9.99. The molecule has 2 N–H and O–H groups in total. The molecule has 0 fully saturated rings. The van der Waals surface area contributed by atoms with Crippen molar-refractivity contribution < 1.29 is 9.59 Å². The molecule has 148 valence electrons. The molecule has 4 rings (SSSR count). The molecule has 1 aliphatic rings. The molecule has 5 nitrogen and oxygen atoms in total. The Bertz CT molecular complexity index is 1090. The molecule has 1 aliphatic heterocycles. The minimum atomic E-state index is -0.211. The molecule has 3 aromatic rings. The summed E-state index contributed by atoms with van der Waals surface area (Å²) in [5, 5.41) is 3.97. The van der Waals surface area contributed by atoms with Crippen LogP contribution < -0.4 is 5.32 Å². The first-order valence-corrected chi connectivity index (χ1v) is 9.91. The molecule has 2 amide bonds. The van der Waals surface area contributed by atoms with Gasteiger partial charge in [-0.05, 0) is 44.0 Å². The van der Waals surface area contributed by atoms with Gasteiger partial charge in [0.05, 0.1) is 6.54 Å². The Balaban J connectivity index is 1.37. The molecule has 29 heavy (non-hydrogen) atoms. The lowest BCUT2D eigenvalue weighted by molar-refractivity contribution is -0.129. The van der Waals surface area contributed by atoms with E-state index in [1.807, 2.05) is 50.4 Å². The highest BCUT2D eigenvalue weighted by molar-refractivity contribution is 5.97. The fourth-order valence-corrected chi connectivity index (χ4v) is 3.95. The Morgan fingerprint density at radius 2 is 1.86 bits per heavy atom. The van der Waals surface area contributed by atoms with E-state index < -0.39 is 0 Å². The molecule has 2 aromatic carbocycles. The standard InChI is InChI=1S/C24H25N3O2/c1-16-11-17(2)13-19(12-16)24(29)26-15-23(28)27-9-7-18(8-10-27)21-14-25-22-6-4-3-5-20(21)22/h3-7,11-14,25H,8-10,15H2,1-2H3,(H,26,29). The number of carbonyl (C=O) groups excluding carboxylic acids is 2. The SMILES string of the molecule is Cc1cc(C)cc(C(=O)NCC(=O)N2CC=C(c3c[nH]c4ccccc34)CC2)c1. The number of benzene rings is 2. The molecule has 5 heteroatoms. The van der Waals surface area contributed by atoms with E-state index in [0.717, 1.165) is 23.1 Å². The lowest BCUT2D eigenvalue weighted by Gasteiger charge is -2.26. The van der Waals surface area contributed by atoms with Crippen LogP contribution in [0, 0.1) is 13.8 Å². The summed E-state index contributed by atoms with van der Waals surface area (Å²) in [7, 11) is 0. The van der Waals surface area contributed by atoms with Crippen LogP contribution in [0.4, 0.5) is 0 Å². The maximum absolute atomic E-state index is 12.5. The number of nitrogens with one attached hydrogen (secondary N) is 2. The number of aryl methyl sites for hydroxylation is 2. The predicted octanol–water partition coefficient (Wildman–Crippen LogP) is 3.83. The van der Waals surface area contributed by atoms with Gasteiger partial charge in [-0.3, -0.25) is 9.59 Å². The van der Waals surface area contributed by atoms with Crippen LogP contribution in [0.2, 0.25) is 0 Å². The van der Waals surface area contributed by atoms with E-state index in [0.29, 0.717) is 18.7 Å². The number of hydrogen-bond acceptors (Lipinski definition) is 2. The first-order valence-electron chi connectivity index (χ1n) is 9.91. The number of fused-ring (bicyclic) bond motifs is 1. The Hall–Kier alpha value is -3.34. The topological polar surface area (TPSA) is 65.2 Å². The van der Waals surface area contributed by atoms with Crippen LogP contribution in [0.3, 0.4) is 0 Å². The summed E-state index contributed by atoms with van der Waals surface area (Å²) in [6.45, 7) is 5.15. The maximum atomic E-state index is 12.5. The van der Waals surface area contributed by atoms with Crippen molar-refractivity contribution in [2.45, 2.75) is 20.3 Å². The Morgan fingerprint density at radius 3 is 2.59 bits per heavy atom. The molecule has 0 atom stereocenters. The number of aromatic amines is 1. The highest BCUT2D eigenvalue weighted by atomic mass is 16.2. The molecule has 2 heterocycles. The molecule has 0 bridgehead atoms. The Labute approximate surface area is 170 Å². The number of nitrogens with zero attached hydrogens (tertiary/aromatic N) is 1. The number of carbonyl (C=O) groups is 2. The van der Waals surface area contributed by atoms with Crippen molar-refractivity contribution in [1.82, 2.24) is 15.2 Å². The first-order chi connectivity index (χ1) is 14.0. The molecule has 0 radical (unpaired) electrons. The molecular formula is C24H25N3O2. The van der Waals surface area contributed by atoms with Gasteiger partial charge in [0.25, 0.3) is 5.91 Å². The van der Waals surface area contributed by atoms with Gasteiger partial charge in [0.15, 0.2) is 0 Å². The quantitative estimate of drug-likeness (QED) is 0.715. The van der Waals surface area contributed by atoms with Gasteiger partial charge < -0.3 is 15.2 Å². The minimum absolute atomic E-state index is 0.0160. The van der Waals surface area contributed by atoms with Gasteiger partial charge in [0, 0.05) is 41.3 Å². The largest absolute Gasteiger partial charge is 0.361 e. The predicted molar refractivity (Wildman–Crippen MR) is 116 cm³/mol. The number of hydrogen-bond donors (Lipinski definition) is 2. The van der Waals surface area contributed by atoms with Gasteiger partial charge in [0.2, 0.25) is 5.91 Å². The summed E-state index contributed by atoms with van der Waals surface area (Å²) >= 11 is 0. The van der Waals surface area contributed by atoms with Gasteiger partial charge in [-0.25, -0.2) is 0 Å². The summed E-state index contributed by atoms with van der Waals surface area (Å²) in [4.78, 5) is 30.0. The molecule has 0 saturated heterocycles. The van der Waals surface area contributed by atoms with Crippen LogP contribution in [0.1, 0.15) is 33.5 Å². The minimum Gasteiger partial charge on any atom is -0.361 e. The molecular weight excluding hydrogens is 362 g/mol. The summed E-state index contributed by atoms with van der Waals surface area (Å²) in [5.74, 6) is -0.269. The van der Waals surface area contributed by atoms with E-state index >= 15 is 0 Å². The summed E-state index contributed by atoms with van der Waals surface area (Å²) < 4.78 is 0. The van der Waals surface area contributed by atoms with Crippen molar-refractivity contribution in [2.24, 2.45) is 0 Å². The second kappa shape index (κ2) is 7.95. The van der Waals surface area contributed by atoms with E-state index in [2.05, 4.69) is 28.5 Å². The fourth-order valence-electron chi connectivity index (χ4n) is 3.95. The molecule has 0 spiro atoms. The highest BCUT2D eigenvalue weighted by Gasteiger charge is 2.20. The summed E-state index contributed by atoms with van der Waals surface area (Å²) in [5.41, 5.74) is 6.24. The number of para-hydroxylation sites is 1. The first kappa shape index (κ1) is 19.0. The van der Waals surface area contributed by atoms with E-state index in [4.69, 9.17) is 0 Å². The number of aromatic nitrogens is 1. The number of rotatable bonds is 4.